The van der Waals surface area contributed by atoms with Crippen molar-refractivity contribution < 1.29 is 40.2 Å². The molecule has 206 valence electrons. The van der Waals surface area contributed by atoms with Crippen LogP contribution in [0.15, 0.2) is 94.3 Å². The third-order valence-electron chi connectivity index (χ3n) is 5.07. The largest absolute Gasteiger partial charge is 0.492 e. The Hall–Kier alpha value is -3.19. The van der Waals surface area contributed by atoms with Gasteiger partial charge in [-0.3, -0.25) is 13.9 Å². The average Bonchev–Trinajstić information content (AvgIpc) is 2.86. The van der Waals surface area contributed by atoms with Crippen LogP contribution in [0.4, 0.5) is 0 Å². The lowest BCUT2D eigenvalue weighted by atomic mass is 10.0. The first-order chi connectivity index (χ1) is 18.3. The minimum atomic E-state index is -4.72. The van der Waals surface area contributed by atoms with E-state index in [0.29, 0.717) is 10.6 Å². The highest BCUT2D eigenvalue weighted by atomic mass is 35.5. The molecule has 3 aromatic rings. The van der Waals surface area contributed by atoms with Crippen molar-refractivity contribution >= 4 is 49.2 Å². The SMILES string of the molecule is C/C=C\C(=C/CCOc1ccc(Oc2ccc(S(=O)(=O)O)cc2)cc1S(=O)(=O)O)C(=O)c1cc(Cl)ccc1Cl. The summed E-state index contributed by atoms with van der Waals surface area (Å²) in [5, 5.41) is 0.594. The maximum atomic E-state index is 12.9. The molecule has 0 atom stereocenters. The van der Waals surface area contributed by atoms with Crippen LogP contribution >= 0.6 is 23.2 Å². The number of halogens is 2. The maximum absolute atomic E-state index is 12.9. The van der Waals surface area contributed by atoms with Crippen LogP contribution in [0.1, 0.15) is 23.7 Å². The number of rotatable bonds is 11. The van der Waals surface area contributed by atoms with E-state index in [4.69, 9.17) is 37.2 Å². The first-order valence-electron chi connectivity index (χ1n) is 11.1. The van der Waals surface area contributed by atoms with Gasteiger partial charge in [-0.25, -0.2) is 0 Å². The molecule has 13 heteroatoms. The van der Waals surface area contributed by atoms with Gasteiger partial charge in [0.05, 0.1) is 16.5 Å². The number of benzene rings is 3. The van der Waals surface area contributed by atoms with Crippen LogP contribution < -0.4 is 9.47 Å². The fourth-order valence-electron chi connectivity index (χ4n) is 3.31. The molecular formula is C26H22Cl2O9S2. The number of carbonyl (C=O) groups is 1. The molecule has 0 bridgehead atoms. The molecule has 0 saturated heterocycles. The Kier molecular flexibility index (Phi) is 9.94. The highest BCUT2D eigenvalue weighted by Gasteiger charge is 2.19. The van der Waals surface area contributed by atoms with Gasteiger partial charge < -0.3 is 9.47 Å². The highest BCUT2D eigenvalue weighted by Crippen LogP contribution is 2.31. The molecule has 0 amide bonds. The molecule has 0 radical (unpaired) electrons. The molecule has 0 spiro atoms. The lowest BCUT2D eigenvalue weighted by molar-refractivity contribution is 0.103. The van der Waals surface area contributed by atoms with Crippen LogP contribution in [0.5, 0.6) is 17.2 Å². The second-order valence-electron chi connectivity index (χ2n) is 7.88. The molecular weight excluding hydrogens is 591 g/mol. The van der Waals surface area contributed by atoms with Crippen LogP contribution in [0.25, 0.3) is 0 Å². The molecule has 39 heavy (non-hydrogen) atoms. The van der Waals surface area contributed by atoms with E-state index < -0.39 is 25.1 Å². The molecule has 2 N–H and O–H groups in total. The summed E-state index contributed by atoms with van der Waals surface area (Å²) in [6, 6.07) is 13.0. The number of hydrogen-bond donors (Lipinski definition) is 2. The predicted molar refractivity (Wildman–Crippen MR) is 146 cm³/mol. The zero-order valence-corrected chi connectivity index (χ0v) is 23.4. The molecule has 0 aliphatic carbocycles. The Labute approximate surface area is 235 Å². The predicted octanol–water partition coefficient (Wildman–Crippen LogP) is 6.43. The van der Waals surface area contributed by atoms with Crippen LogP contribution in [0.3, 0.4) is 0 Å². The molecule has 3 aromatic carbocycles. The van der Waals surface area contributed by atoms with Crippen LogP contribution in [-0.4, -0.2) is 38.3 Å². The lowest BCUT2D eigenvalue weighted by Crippen LogP contribution is -2.06. The Morgan fingerprint density at radius 3 is 2.18 bits per heavy atom. The van der Waals surface area contributed by atoms with Crippen LogP contribution in [-0.2, 0) is 20.2 Å². The Morgan fingerprint density at radius 2 is 1.56 bits per heavy atom. The summed E-state index contributed by atoms with van der Waals surface area (Å²) in [4.78, 5) is 12.0. The van der Waals surface area contributed by atoms with Gasteiger partial charge in [0.15, 0.2) is 5.78 Å². The number of carbonyl (C=O) groups excluding carboxylic acids is 1. The van der Waals surface area contributed by atoms with E-state index in [2.05, 4.69) is 0 Å². The quantitative estimate of drug-likeness (QED) is 0.0821. The maximum Gasteiger partial charge on any atom is 0.298 e. The van der Waals surface area contributed by atoms with E-state index in [1.54, 1.807) is 31.2 Å². The minimum Gasteiger partial charge on any atom is -0.492 e. The molecule has 9 nitrogen and oxygen atoms in total. The van der Waals surface area contributed by atoms with Gasteiger partial charge in [-0.2, -0.15) is 16.8 Å². The molecule has 0 heterocycles. The number of ether oxygens (including phenoxy) is 2. The fourth-order valence-corrected chi connectivity index (χ4v) is 4.82. The smallest absolute Gasteiger partial charge is 0.298 e. The topological polar surface area (TPSA) is 144 Å². The summed E-state index contributed by atoms with van der Waals surface area (Å²) < 4.78 is 76.2. The molecule has 0 aliphatic rings. The van der Waals surface area contributed by atoms with Gasteiger partial charge in [0, 0.05) is 28.6 Å². The van der Waals surface area contributed by atoms with Gasteiger partial charge in [-0.1, -0.05) is 41.4 Å². The number of allylic oxidation sites excluding steroid dienone is 3. The van der Waals surface area contributed by atoms with Gasteiger partial charge >= 0.3 is 0 Å². The van der Waals surface area contributed by atoms with Crippen LogP contribution in [0, 0.1) is 0 Å². The second kappa shape index (κ2) is 12.8. The third-order valence-corrected chi connectivity index (χ3v) is 7.38. The van der Waals surface area contributed by atoms with Crippen molar-refractivity contribution in [3.05, 3.63) is 100 Å². The molecule has 0 aliphatic heterocycles. The zero-order chi connectivity index (χ0) is 28.8. The zero-order valence-electron chi connectivity index (χ0n) is 20.2. The van der Waals surface area contributed by atoms with Crippen molar-refractivity contribution in [2.75, 3.05) is 6.61 Å². The van der Waals surface area contributed by atoms with Crippen molar-refractivity contribution in [3.8, 4) is 17.2 Å². The van der Waals surface area contributed by atoms with E-state index in [1.807, 2.05) is 0 Å². The molecule has 3 rings (SSSR count). The standard InChI is InChI=1S/C26H22Cl2O9S2/c1-2-4-17(26(29)22-15-18(27)6-12-23(22)28)5-3-14-36-24-13-9-20(16-25(24)39(33,34)35)37-19-7-10-21(11-8-19)38(30,31)32/h2,4-13,15-16H,3,14H2,1H3,(H,30,31,32)(H,33,34,35)/b4-2-,17-5+. The summed E-state index contributed by atoms with van der Waals surface area (Å²) in [6.45, 7) is 1.69. The average molecular weight is 613 g/mol. The van der Waals surface area contributed by atoms with E-state index >= 15 is 0 Å². The Balaban J connectivity index is 1.76. The van der Waals surface area contributed by atoms with Crippen molar-refractivity contribution in [3.63, 3.8) is 0 Å². The highest BCUT2D eigenvalue weighted by molar-refractivity contribution is 7.86. The lowest BCUT2D eigenvalue weighted by Gasteiger charge is -2.12. The minimum absolute atomic E-state index is 0.00819. The molecule has 0 aromatic heterocycles. The summed E-state index contributed by atoms with van der Waals surface area (Å²) >= 11 is 12.1. The summed E-state index contributed by atoms with van der Waals surface area (Å²) in [5.74, 6) is -0.362. The van der Waals surface area contributed by atoms with Gasteiger partial charge in [0.1, 0.15) is 22.1 Å². The van der Waals surface area contributed by atoms with Gasteiger partial charge in [-0.15, -0.1) is 0 Å². The normalized spacial score (nSPS) is 12.5. The first kappa shape index (κ1) is 30.4. The van der Waals surface area contributed by atoms with Crippen molar-refractivity contribution in [2.24, 2.45) is 0 Å². The van der Waals surface area contributed by atoms with Gasteiger partial charge in [0.2, 0.25) is 0 Å². The van der Waals surface area contributed by atoms with Gasteiger partial charge in [0.25, 0.3) is 20.2 Å². The van der Waals surface area contributed by atoms with Crippen molar-refractivity contribution in [1.82, 2.24) is 0 Å². The number of ketones is 1. The summed E-state index contributed by atoms with van der Waals surface area (Å²) in [6.07, 6.45) is 5.07. The van der Waals surface area contributed by atoms with Crippen molar-refractivity contribution in [1.29, 1.82) is 0 Å². The monoisotopic (exact) mass is 612 g/mol. The fraction of sp³-hybridized carbons (Fsp3) is 0.115. The second-order valence-corrected chi connectivity index (χ2v) is 11.5. The summed E-state index contributed by atoms with van der Waals surface area (Å²) in [7, 11) is -9.11. The Bertz CT molecular complexity index is 1650. The molecule has 0 unspecified atom stereocenters. The molecule has 0 fully saturated rings. The van der Waals surface area contributed by atoms with Gasteiger partial charge in [-0.05, 0) is 61.5 Å². The first-order valence-corrected chi connectivity index (χ1v) is 14.8. The van der Waals surface area contributed by atoms with E-state index in [0.717, 1.165) is 18.2 Å². The van der Waals surface area contributed by atoms with E-state index in [-0.39, 0.29) is 51.5 Å². The Morgan fingerprint density at radius 1 is 0.897 bits per heavy atom. The van der Waals surface area contributed by atoms with Crippen molar-refractivity contribution in [2.45, 2.75) is 23.1 Å². The van der Waals surface area contributed by atoms with Crippen LogP contribution in [0.2, 0.25) is 10.0 Å². The number of Topliss-reactive ketones (excluding diaryl/α,β-unsaturated/α-hetero) is 1. The summed E-state index contributed by atoms with van der Waals surface area (Å²) in [5.41, 5.74) is 0.551. The van der Waals surface area contributed by atoms with E-state index in [9.17, 15) is 26.2 Å². The van der Waals surface area contributed by atoms with E-state index in [1.165, 1.54) is 36.4 Å². The number of hydrogen-bond acceptors (Lipinski definition) is 7. The third kappa shape index (κ3) is 8.40. The molecule has 0 saturated carbocycles.